The van der Waals surface area contributed by atoms with Crippen molar-refractivity contribution in [2.45, 2.75) is 24.9 Å². The van der Waals surface area contributed by atoms with Crippen molar-refractivity contribution in [3.05, 3.63) is 24.3 Å². The number of hydrogen-bond donors (Lipinski definition) is 1. The first-order valence-electron chi connectivity index (χ1n) is 7.64. The van der Waals surface area contributed by atoms with E-state index in [1.165, 1.54) is 31.6 Å². The number of nitrogens with zero attached hydrogens (tertiary/aromatic N) is 3. The van der Waals surface area contributed by atoms with E-state index in [9.17, 15) is 0 Å². The number of piperidine rings is 1. The first-order valence-corrected chi connectivity index (χ1v) is 7.64. The van der Waals surface area contributed by atoms with E-state index in [0.29, 0.717) is 0 Å². The predicted molar refractivity (Wildman–Crippen MR) is 85.1 cm³/mol. The van der Waals surface area contributed by atoms with Gasteiger partial charge in [-0.05, 0) is 51.2 Å². The van der Waals surface area contributed by atoms with Gasteiger partial charge in [-0.1, -0.05) is 0 Å². The van der Waals surface area contributed by atoms with Gasteiger partial charge in [0.15, 0.2) is 0 Å². The zero-order valence-electron chi connectivity index (χ0n) is 12.6. The van der Waals surface area contributed by atoms with Crippen molar-refractivity contribution in [1.29, 1.82) is 0 Å². The lowest BCUT2D eigenvalue weighted by Gasteiger charge is -2.49. The Morgan fingerprint density at radius 1 is 1.05 bits per heavy atom. The summed E-state index contributed by atoms with van der Waals surface area (Å²) < 4.78 is 0. The molecule has 4 heteroatoms. The number of nitrogen functional groups attached to an aromatic ring is 1. The van der Waals surface area contributed by atoms with E-state index >= 15 is 0 Å². The fourth-order valence-electron chi connectivity index (χ4n) is 3.29. The number of likely N-dealkylation sites (N-methyl/N-ethyl adjacent to an activating group) is 1. The maximum absolute atomic E-state index is 5.75. The monoisotopic (exact) mass is 274 g/mol. The standard InChI is InChI=1S/C16H26N4/c1-18(2)16-11-20(12-16)15-7-9-19(10-8-15)14-5-3-13(17)4-6-14/h3-6,15-16H,7-12,17H2,1-2H3. The van der Waals surface area contributed by atoms with E-state index in [4.69, 9.17) is 5.73 Å². The molecule has 110 valence electrons. The summed E-state index contributed by atoms with van der Waals surface area (Å²) in [5.74, 6) is 0. The second-order valence-corrected chi connectivity index (χ2v) is 6.38. The quantitative estimate of drug-likeness (QED) is 0.847. The first kappa shape index (κ1) is 13.7. The predicted octanol–water partition coefficient (Wildman–Crippen LogP) is 1.48. The molecule has 0 atom stereocenters. The van der Waals surface area contributed by atoms with E-state index in [2.05, 4.69) is 40.9 Å². The molecule has 0 spiro atoms. The lowest BCUT2D eigenvalue weighted by atomic mass is 9.96. The number of hydrogen-bond acceptors (Lipinski definition) is 4. The maximum atomic E-state index is 5.75. The Labute approximate surface area is 122 Å². The minimum absolute atomic E-state index is 0.769. The summed E-state index contributed by atoms with van der Waals surface area (Å²) in [7, 11) is 4.37. The van der Waals surface area contributed by atoms with Gasteiger partial charge in [-0.15, -0.1) is 0 Å². The van der Waals surface area contributed by atoms with Crippen molar-refractivity contribution >= 4 is 11.4 Å². The molecule has 4 nitrogen and oxygen atoms in total. The molecule has 0 saturated carbocycles. The molecule has 2 saturated heterocycles. The van der Waals surface area contributed by atoms with Crippen molar-refractivity contribution in [3.8, 4) is 0 Å². The van der Waals surface area contributed by atoms with Gasteiger partial charge >= 0.3 is 0 Å². The smallest absolute Gasteiger partial charge is 0.0367 e. The van der Waals surface area contributed by atoms with Gasteiger partial charge in [0.2, 0.25) is 0 Å². The minimum atomic E-state index is 0.769. The Morgan fingerprint density at radius 3 is 2.20 bits per heavy atom. The number of benzene rings is 1. The molecule has 0 aromatic heterocycles. The summed E-state index contributed by atoms with van der Waals surface area (Å²) >= 11 is 0. The molecule has 3 rings (SSSR count). The molecule has 2 aliphatic rings. The summed E-state index contributed by atoms with van der Waals surface area (Å²) in [6.45, 7) is 4.83. The molecule has 2 N–H and O–H groups in total. The van der Waals surface area contributed by atoms with Gasteiger partial charge in [0, 0.05) is 49.6 Å². The number of anilines is 2. The van der Waals surface area contributed by atoms with Crippen molar-refractivity contribution < 1.29 is 0 Å². The van der Waals surface area contributed by atoms with Gasteiger partial charge in [-0.3, -0.25) is 4.90 Å². The fraction of sp³-hybridized carbons (Fsp3) is 0.625. The van der Waals surface area contributed by atoms with Crippen LogP contribution in [0.1, 0.15) is 12.8 Å². The molecule has 2 fully saturated rings. The summed E-state index contributed by atoms with van der Waals surface area (Å²) in [5.41, 5.74) is 7.91. The largest absolute Gasteiger partial charge is 0.399 e. The Morgan fingerprint density at radius 2 is 1.65 bits per heavy atom. The number of rotatable bonds is 3. The highest BCUT2D eigenvalue weighted by Crippen LogP contribution is 2.26. The van der Waals surface area contributed by atoms with Crippen LogP contribution in [0.15, 0.2) is 24.3 Å². The molecule has 2 aliphatic heterocycles. The van der Waals surface area contributed by atoms with Crippen LogP contribution in [0, 0.1) is 0 Å². The van der Waals surface area contributed by atoms with Gasteiger partial charge < -0.3 is 15.5 Å². The molecule has 1 aromatic carbocycles. The van der Waals surface area contributed by atoms with E-state index in [1.54, 1.807) is 0 Å². The fourth-order valence-corrected chi connectivity index (χ4v) is 3.29. The maximum Gasteiger partial charge on any atom is 0.0367 e. The Hall–Kier alpha value is -1.26. The van der Waals surface area contributed by atoms with Crippen molar-refractivity contribution in [2.24, 2.45) is 0 Å². The van der Waals surface area contributed by atoms with Crippen LogP contribution < -0.4 is 10.6 Å². The zero-order valence-corrected chi connectivity index (χ0v) is 12.6. The molecule has 2 heterocycles. The van der Waals surface area contributed by atoms with Gasteiger partial charge in [0.1, 0.15) is 0 Å². The highest BCUT2D eigenvalue weighted by atomic mass is 15.3. The third-order valence-electron chi connectivity index (χ3n) is 4.86. The van der Waals surface area contributed by atoms with E-state index in [0.717, 1.165) is 30.9 Å². The second-order valence-electron chi connectivity index (χ2n) is 6.38. The summed E-state index contributed by atoms with van der Waals surface area (Å²) in [5, 5.41) is 0. The van der Waals surface area contributed by atoms with E-state index < -0.39 is 0 Å². The van der Waals surface area contributed by atoms with Crippen LogP contribution in [0.25, 0.3) is 0 Å². The molecule has 1 aromatic rings. The molecular weight excluding hydrogens is 248 g/mol. The van der Waals surface area contributed by atoms with Gasteiger partial charge in [0.05, 0.1) is 0 Å². The highest BCUT2D eigenvalue weighted by Gasteiger charge is 2.34. The van der Waals surface area contributed by atoms with Crippen molar-refractivity contribution in [3.63, 3.8) is 0 Å². The first-order chi connectivity index (χ1) is 9.63. The number of likely N-dealkylation sites (tertiary alicyclic amines) is 1. The van der Waals surface area contributed by atoms with Crippen LogP contribution in [-0.2, 0) is 0 Å². The lowest BCUT2D eigenvalue weighted by molar-refractivity contribution is 0.0188. The van der Waals surface area contributed by atoms with Crippen LogP contribution in [0.5, 0.6) is 0 Å². The minimum Gasteiger partial charge on any atom is -0.399 e. The molecule has 20 heavy (non-hydrogen) atoms. The highest BCUT2D eigenvalue weighted by molar-refractivity contribution is 5.53. The lowest BCUT2D eigenvalue weighted by Crippen LogP contribution is -2.62. The van der Waals surface area contributed by atoms with E-state index in [-0.39, 0.29) is 0 Å². The average Bonchev–Trinajstić information content (AvgIpc) is 2.38. The van der Waals surface area contributed by atoms with Crippen LogP contribution in [-0.4, -0.2) is 62.2 Å². The molecular formula is C16H26N4. The number of nitrogens with two attached hydrogens (primary N) is 1. The van der Waals surface area contributed by atoms with Gasteiger partial charge in [-0.25, -0.2) is 0 Å². The molecule has 0 aliphatic carbocycles. The van der Waals surface area contributed by atoms with E-state index in [1.807, 2.05) is 12.1 Å². The Balaban J connectivity index is 1.49. The summed E-state index contributed by atoms with van der Waals surface area (Å²) in [4.78, 5) is 7.49. The van der Waals surface area contributed by atoms with Crippen LogP contribution in [0.2, 0.25) is 0 Å². The summed E-state index contributed by atoms with van der Waals surface area (Å²) in [6, 6.07) is 9.83. The average molecular weight is 274 g/mol. The molecule has 0 unspecified atom stereocenters. The molecule has 0 radical (unpaired) electrons. The SMILES string of the molecule is CN(C)C1CN(C2CCN(c3ccc(N)cc3)CC2)C1. The molecule has 0 amide bonds. The zero-order chi connectivity index (χ0) is 14.1. The van der Waals surface area contributed by atoms with Gasteiger partial charge in [0.25, 0.3) is 0 Å². The van der Waals surface area contributed by atoms with Crippen LogP contribution in [0.4, 0.5) is 11.4 Å². The molecule has 0 bridgehead atoms. The second kappa shape index (κ2) is 5.62. The van der Waals surface area contributed by atoms with Crippen molar-refractivity contribution in [1.82, 2.24) is 9.80 Å². The Bertz CT molecular complexity index is 428. The summed E-state index contributed by atoms with van der Waals surface area (Å²) in [6.07, 6.45) is 2.56. The van der Waals surface area contributed by atoms with Crippen molar-refractivity contribution in [2.75, 3.05) is 50.9 Å². The third-order valence-corrected chi connectivity index (χ3v) is 4.86. The normalized spacial score (nSPS) is 22.2. The van der Waals surface area contributed by atoms with Crippen LogP contribution in [0.3, 0.4) is 0 Å². The van der Waals surface area contributed by atoms with Gasteiger partial charge in [-0.2, -0.15) is 0 Å². The topological polar surface area (TPSA) is 35.7 Å². The third kappa shape index (κ3) is 2.76. The van der Waals surface area contributed by atoms with Crippen LogP contribution >= 0.6 is 0 Å². The Kier molecular flexibility index (Phi) is 3.85.